The minimum atomic E-state index is -0.225. The summed E-state index contributed by atoms with van der Waals surface area (Å²) in [6, 6.07) is 3.60. The lowest BCUT2D eigenvalue weighted by Crippen LogP contribution is -2.29. The highest BCUT2D eigenvalue weighted by atomic mass is 16.2. The van der Waals surface area contributed by atoms with Crippen LogP contribution in [0.3, 0.4) is 0 Å². The molecule has 3 N–H and O–H groups in total. The topological polar surface area (TPSA) is 85.1 Å². The molecule has 1 unspecified atom stereocenters. The van der Waals surface area contributed by atoms with Crippen LogP contribution in [0.1, 0.15) is 45.4 Å². The number of carbonyl (C=O) groups is 2. The summed E-state index contributed by atoms with van der Waals surface area (Å²) < 4.78 is 0. The van der Waals surface area contributed by atoms with Crippen molar-refractivity contribution in [3.63, 3.8) is 0 Å². The molecule has 1 aromatic heterocycles. The second-order valence-corrected chi connectivity index (χ2v) is 6.32. The molecule has 1 atom stereocenters. The first-order valence-electron chi connectivity index (χ1n) is 8.05. The van der Waals surface area contributed by atoms with Crippen molar-refractivity contribution < 1.29 is 9.59 Å². The molecular weight excluding hydrogens is 278 g/mol. The van der Waals surface area contributed by atoms with E-state index in [9.17, 15) is 9.59 Å². The van der Waals surface area contributed by atoms with Crippen LogP contribution in [-0.2, 0) is 9.59 Å². The molecule has 2 amide bonds. The highest BCUT2D eigenvalue weighted by Gasteiger charge is 2.29. The summed E-state index contributed by atoms with van der Waals surface area (Å²) in [5.74, 6) is 1.07. The Balaban J connectivity index is 1.76. The van der Waals surface area contributed by atoms with Gasteiger partial charge in [-0.2, -0.15) is 0 Å². The lowest BCUT2D eigenvalue weighted by molar-refractivity contribution is -0.121. The van der Waals surface area contributed by atoms with Crippen LogP contribution in [0.25, 0.3) is 0 Å². The average molecular weight is 303 g/mol. The van der Waals surface area contributed by atoms with E-state index in [0.717, 1.165) is 37.8 Å². The molecule has 0 radical (unpaired) electrons. The molecule has 5 nitrogen and oxygen atoms in total. The van der Waals surface area contributed by atoms with Gasteiger partial charge >= 0.3 is 0 Å². The molecule has 0 bridgehead atoms. The zero-order valence-corrected chi connectivity index (χ0v) is 13.1. The molecule has 1 aromatic rings. The number of pyridine rings is 1. The first kappa shape index (κ1) is 16.5. The molecule has 1 aliphatic carbocycles. The summed E-state index contributed by atoms with van der Waals surface area (Å²) in [6.07, 6.45) is 8.60. The number of nitrogens with zero attached hydrogens (tertiary/aromatic N) is 1. The van der Waals surface area contributed by atoms with Crippen molar-refractivity contribution in [1.29, 1.82) is 0 Å². The zero-order chi connectivity index (χ0) is 15.9. The third kappa shape index (κ3) is 4.83. The van der Waals surface area contributed by atoms with Crippen LogP contribution in [0.5, 0.6) is 0 Å². The number of rotatable bonds is 6. The molecular formula is C17H25N3O2. The van der Waals surface area contributed by atoms with Crippen molar-refractivity contribution in [2.75, 3.05) is 5.32 Å². The van der Waals surface area contributed by atoms with E-state index in [-0.39, 0.29) is 17.7 Å². The first-order chi connectivity index (χ1) is 10.6. The number of aromatic nitrogens is 1. The van der Waals surface area contributed by atoms with E-state index < -0.39 is 0 Å². The third-order valence-corrected chi connectivity index (χ3v) is 4.74. The number of nitrogens with one attached hydrogen (secondary N) is 1. The fourth-order valence-corrected chi connectivity index (χ4v) is 3.24. The van der Waals surface area contributed by atoms with E-state index in [0.29, 0.717) is 18.3 Å². The van der Waals surface area contributed by atoms with E-state index in [1.54, 1.807) is 24.5 Å². The van der Waals surface area contributed by atoms with Gasteiger partial charge in [0.05, 0.1) is 0 Å². The van der Waals surface area contributed by atoms with Gasteiger partial charge in [0.15, 0.2) is 0 Å². The lowest BCUT2D eigenvalue weighted by Gasteiger charge is -2.31. The van der Waals surface area contributed by atoms with Crippen molar-refractivity contribution in [2.45, 2.75) is 45.4 Å². The molecule has 0 aliphatic heterocycles. The Kier molecular flexibility index (Phi) is 5.92. The number of nitrogens with two attached hydrogens (primary N) is 1. The third-order valence-electron chi connectivity index (χ3n) is 4.74. The fraction of sp³-hybridized carbons (Fsp3) is 0.588. The van der Waals surface area contributed by atoms with Gasteiger partial charge in [0.1, 0.15) is 0 Å². The number of amides is 2. The Morgan fingerprint density at radius 2 is 1.91 bits per heavy atom. The van der Waals surface area contributed by atoms with Crippen LogP contribution in [0.15, 0.2) is 24.5 Å². The summed E-state index contributed by atoms with van der Waals surface area (Å²) in [5, 5.41) is 2.96. The normalized spacial score (nSPS) is 22.8. The van der Waals surface area contributed by atoms with Gasteiger partial charge < -0.3 is 11.1 Å². The number of primary amides is 1. The molecule has 1 saturated carbocycles. The van der Waals surface area contributed by atoms with Crippen LogP contribution in [-0.4, -0.2) is 16.8 Å². The van der Waals surface area contributed by atoms with Crippen LogP contribution in [0.2, 0.25) is 0 Å². The Morgan fingerprint density at radius 3 is 2.50 bits per heavy atom. The molecule has 120 valence electrons. The standard InChI is InChI=1S/C17H25N3O2/c1-12(2-7-16(18)21)13-3-5-14(6-4-13)17(22)20-15-8-10-19-11-9-15/h8-14H,2-7H2,1H3,(H2,18,21)(H,19,20,22). The van der Waals surface area contributed by atoms with Gasteiger partial charge in [-0.25, -0.2) is 0 Å². The summed E-state index contributed by atoms with van der Waals surface area (Å²) >= 11 is 0. The van der Waals surface area contributed by atoms with E-state index in [2.05, 4.69) is 17.2 Å². The summed E-state index contributed by atoms with van der Waals surface area (Å²) in [7, 11) is 0. The molecule has 0 aromatic carbocycles. The van der Waals surface area contributed by atoms with Crippen molar-refractivity contribution in [1.82, 2.24) is 4.98 Å². The smallest absolute Gasteiger partial charge is 0.227 e. The van der Waals surface area contributed by atoms with Gasteiger partial charge in [-0.3, -0.25) is 14.6 Å². The average Bonchev–Trinajstić information content (AvgIpc) is 2.53. The minimum absolute atomic E-state index is 0.0905. The Morgan fingerprint density at radius 1 is 1.27 bits per heavy atom. The summed E-state index contributed by atoms with van der Waals surface area (Å²) in [5.41, 5.74) is 6.01. The maximum atomic E-state index is 12.3. The fourth-order valence-electron chi connectivity index (χ4n) is 3.24. The number of hydrogen-bond donors (Lipinski definition) is 2. The van der Waals surface area contributed by atoms with Crippen LogP contribution < -0.4 is 11.1 Å². The molecule has 0 spiro atoms. The Bertz CT molecular complexity index is 496. The minimum Gasteiger partial charge on any atom is -0.370 e. The van der Waals surface area contributed by atoms with Crippen molar-refractivity contribution in [3.8, 4) is 0 Å². The summed E-state index contributed by atoms with van der Waals surface area (Å²) in [4.78, 5) is 27.1. The van der Waals surface area contributed by atoms with Crippen molar-refractivity contribution in [2.24, 2.45) is 23.5 Å². The molecule has 1 fully saturated rings. The van der Waals surface area contributed by atoms with E-state index in [1.165, 1.54) is 0 Å². The van der Waals surface area contributed by atoms with Gasteiger partial charge in [-0.15, -0.1) is 0 Å². The van der Waals surface area contributed by atoms with Gasteiger partial charge in [0, 0.05) is 30.4 Å². The second kappa shape index (κ2) is 7.92. The van der Waals surface area contributed by atoms with Gasteiger partial charge in [-0.05, 0) is 56.1 Å². The predicted molar refractivity (Wildman–Crippen MR) is 85.9 cm³/mol. The first-order valence-corrected chi connectivity index (χ1v) is 8.05. The molecule has 5 heteroatoms. The predicted octanol–water partition coefficient (Wildman–Crippen LogP) is 2.73. The SMILES string of the molecule is CC(CCC(N)=O)C1CCC(C(=O)Nc2ccncc2)CC1. The van der Waals surface area contributed by atoms with E-state index in [4.69, 9.17) is 5.73 Å². The monoisotopic (exact) mass is 303 g/mol. The van der Waals surface area contributed by atoms with Crippen molar-refractivity contribution >= 4 is 17.5 Å². The maximum Gasteiger partial charge on any atom is 0.227 e. The van der Waals surface area contributed by atoms with Gasteiger partial charge in [-0.1, -0.05) is 6.92 Å². The summed E-state index contributed by atoms with van der Waals surface area (Å²) in [6.45, 7) is 2.19. The number of carbonyl (C=O) groups excluding carboxylic acids is 2. The van der Waals surface area contributed by atoms with Crippen molar-refractivity contribution in [3.05, 3.63) is 24.5 Å². The molecule has 22 heavy (non-hydrogen) atoms. The number of hydrogen-bond acceptors (Lipinski definition) is 3. The molecule has 1 aliphatic rings. The second-order valence-electron chi connectivity index (χ2n) is 6.32. The van der Waals surface area contributed by atoms with E-state index >= 15 is 0 Å². The largest absolute Gasteiger partial charge is 0.370 e. The quantitative estimate of drug-likeness (QED) is 0.847. The maximum absolute atomic E-state index is 12.3. The Labute approximate surface area is 131 Å². The van der Waals surface area contributed by atoms with Crippen LogP contribution >= 0.6 is 0 Å². The van der Waals surface area contributed by atoms with E-state index in [1.807, 2.05) is 0 Å². The van der Waals surface area contributed by atoms with Crippen LogP contribution in [0.4, 0.5) is 5.69 Å². The van der Waals surface area contributed by atoms with Gasteiger partial charge in [0.25, 0.3) is 0 Å². The Hall–Kier alpha value is -1.91. The molecule has 1 heterocycles. The zero-order valence-electron chi connectivity index (χ0n) is 13.1. The highest BCUT2D eigenvalue weighted by Crippen LogP contribution is 2.35. The molecule has 2 rings (SSSR count). The van der Waals surface area contributed by atoms with Crippen LogP contribution in [0, 0.1) is 17.8 Å². The molecule has 0 saturated heterocycles. The number of anilines is 1. The van der Waals surface area contributed by atoms with Gasteiger partial charge in [0.2, 0.25) is 11.8 Å². The highest BCUT2D eigenvalue weighted by molar-refractivity contribution is 5.92. The lowest BCUT2D eigenvalue weighted by atomic mass is 9.75.